The maximum atomic E-state index is 10.5. The second kappa shape index (κ2) is 3.06. The van der Waals surface area contributed by atoms with E-state index in [1.54, 1.807) is 0 Å². The van der Waals surface area contributed by atoms with Gasteiger partial charge >= 0.3 is 6.03 Å². The molecule has 1 fully saturated rings. The summed E-state index contributed by atoms with van der Waals surface area (Å²) in [5, 5.41) is 2.59. The van der Waals surface area contributed by atoms with E-state index < -0.39 is 11.6 Å². The second-order valence-electron chi connectivity index (χ2n) is 2.78. The summed E-state index contributed by atoms with van der Waals surface area (Å²) in [4.78, 5) is 10.5. The third-order valence-electron chi connectivity index (χ3n) is 1.88. The quantitative estimate of drug-likeness (QED) is 0.471. The molecule has 0 aromatic rings. The number of carbonyl (C=O) groups excluding carboxylic acids is 1. The van der Waals surface area contributed by atoms with Gasteiger partial charge in [-0.25, -0.2) is 4.79 Å². The number of nitrogens with two attached hydrogens (primary N) is 2. The topological polar surface area (TPSA) is 90.4 Å². The summed E-state index contributed by atoms with van der Waals surface area (Å²) in [5.74, 6) is 0. The molecule has 5 heteroatoms. The van der Waals surface area contributed by atoms with E-state index >= 15 is 0 Å². The molecule has 11 heavy (non-hydrogen) atoms. The molecule has 2 amide bonds. The van der Waals surface area contributed by atoms with Crippen molar-refractivity contribution in [2.45, 2.75) is 12.0 Å². The number of nitrogens with one attached hydrogen (secondary N) is 1. The van der Waals surface area contributed by atoms with Crippen LogP contribution in [0.3, 0.4) is 0 Å². The molecule has 5 N–H and O–H groups in total. The Bertz CT molecular complexity index is 154. The number of urea groups is 1. The van der Waals surface area contributed by atoms with Crippen LogP contribution in [-0.4, -0.2) is 31.3 Å². The maximum Gasteiger partial charge on any atom is 0.312 e. The van der Waals surface area contributed by atoms with Gasteiger partial charge in [0.2, 0.25) is 0 Å². The van der Waals surface area contributed by atoms with Crippen LogP contribution in [0.5, 0.6) is 0 Å². The molecule has 0 aromatic heterocycles. The Morgan fingerprint density at radius 2 is 2.45 bits per heavy atom. The van der Waals surface area contributed by atoms with Crippen molar-refractivity contribution in [1.82, 2.24) is 5.32 Å². The summed E-state index contributed by atoms with van der Waals surface area (Å²) in [6.45, 7) is 1.47. The lowest BCUT2D eigenvalue weighted by Gasteiger charge is -2.25. The van der Waals surface area contributed by atoms with E-state index in [0.717, 1.165) is 6.42 Å². The number of amides is 2. The van der Waals surface area contributed by atoms with Gasteiger partial charge in [-0.2, -0.15) is 0 Å². The normalized spacial score (nSPS) is 30.3. The Kier molecular flexibility index (Phi) is 2.31. The summed E-state index contributed by atoms with van der Waals surface area (Å²) in [5.41, 5.74) is 10.0. The minimum atomic E-state index is -0.541. The van der Waals surface area contributed by atoms with Gasteiger partial charge in [-0.3, -0.25) is 0 Å². The van der Waals surface area contributed by atoms with E-state index in [0.29, 0.717) is 19.8 Å². The van der Waals surface area contributed by atoms with E-state index in [2.05, 4.69) is 5.32 Å². The first-order chi connectivity index (χ1) is 5.18. The summed E-state index contributed by atoms with van der Waals surface area (Å²) < 4.78 is 5.10. The lowest BCUT2D eigenvalue weighted by Crippen LogP contribution is -2.55. The Morgan fingerprint density at radius 1 is 1.73 bits per heavy atom. The van der Waals surface area contributed by atoms with Crippen molar-refractivity contribution in [3.05, 3.63) is 0 Å². The van der Waals surface area contributed by atoms with Gasteiger partial charge in [0.25, 0.3) is 0 Å². The maximum absolute atomic E-state index is 10.5. The van der Waals surface area contributed by atoms with Gasteiger partial charge in [0.1, 0.15) is 0 Å². The Morgan fingerprint density at radius 3 is 2.82 bits per heavy atom. The molecule has 0 saturated carbocycles. The monoisotopic (exact) mass is 159 g/mol. The van der Waals surface area contributed by atoms with E-state index in [4.69, 9.17) is 16.2 Å². The molecule has 0 bridgehead atoms. The summed E-state index contributed by atoms with van der Waals surface area (Å²) in [7, 11) is 0. The molecule has 64 valence electrons. The molecule has 0 aromatic carbocycles. The molecular weight excluding hydrogens is 146 g/mol. The largest absolute Gasteiger partial charge is 0.379 e. The molecule has 0 spiro atoms. The van der Waals surface area contributed by atoms with Crippen LogP contribution < -0.4 is 16.8 Å². The summed E-state index contributed by atoms with van der Waals surface area (Å²) >= 11 is 0. The van der Waals surface area contributed by atoms with Crippen molar-refractivity contribution in [3.8, 4) is 0 Å². The van der Waals surface area contributed by atoms with Crippen LogP contribution in [0.4, 0.5) is 4.79 Å². The van der Waals surface area contributed by atoms with Gasteiger partial charge < -0.3 is 21.5 Å². The number of primary amides is 1. The first kappa shape index (κ1) is 8.29. The lowest BCUT2D eigenvalue weighted by molar-refractivity contribution is 0.169. The average molecular weight is 159 g/mol. The van der Waals surface area contributed by atoms with Crippen LogP contribution in [-0.2, 0) is 4.74 Å². The Balaban J connectivity index is 2.52. The molecule has 1 saturated heterocycles. The Hall–Kier alpha value is -0.810. The van der Waals surface area contributed by atoms with Crippen LogP contribution >= 0.6 is 0 Å². The molecule has 1 aliphatic heterocycles. The lowest BCUT2D eigenvalue weighted by atomic mass is 10.00. The van der Waals surface area contributed by atoms with Gasteiger partial charge in [-0.1, -0.05) is 0 Å². The fourth-order valence-electron chi connectivity index (χ4n) is 1.18. The van der Waals surface area contributed by atoms with Crippen LogP contribution in [0.2, 0.25) is 0 Å². The molecule has 1 heterocycles. The molecule has 0 radical (unpaired) electrons. The van der Waals surface area contributed by atoms with Crippen molar-refractivity contribution >= 4 is 6.03 Å². The number of hydrogen-bond acceptors (Lipinski definition) is 3. The van der Waals surface area contributed by atoms with Gasteiger partial charge in [0.05, 0.1) is 12.1 Å². The summed E-state index contributed by atoms with van der Waals surface area (Å²) in [6.07, 6.45) is 0.742. The standard InChI is InChI=1S/C6H13N3O2/c7-3-6(9-5(8)10)1-2-11-4-6/h1-4,7H2,(H3,8,9,10). The first-order valence-electron chi connectivity index (χ1n) is 3.54. The first-order valence-corrected chi connectivity index (χ1v) is 3.54. The Labute approximate surface area is 65.1 Å². The van der Waals surface area contributed by atoms with Gasteiger partial charge in [0.15, 0.2) is 0 Å². The van der Waals surface area contributed by atoms with E-state index in [1.807, 2.05) is 0 Å². The highest BCUT2D eigenvalue weighted by Gasteiger charge is 2.34. The number of hydrogen-bond donors (Lipinski definition) is 3. The SMILES string of the molecule is NCC1(NC(N)=O)CCOC1. The third kappa shape index (κ3) is 1.81. The van der Waals surface area contributed by atoms with Crippen molar-refractivity contribution in [3.63, 3.8) is 0 Å². The van der Waals surface area contributed by atoms with E-state index in [1.165, 1.54) is 0 Å². The van der Waals surface area contributed by atoms with E-state index in [-0.39, 0.29) is 0 Å². The fraction of sp³-hybridized carbons (Fsp3) is 0.833. The van der Waals surface area contributed by atoms with Crippen LogP contribution in [0, 0.1) is 0 Å². The molecule has 1 atom stereocenters. The van der Waals surface area contributed by atoms with Gasteiger partial charge in [-0.15, -0.1) is 0 Å². The number of ether oxygens (including phenoxy) is 1. The van der Waals surface area contributed by atoms with Crippen LogP contribution in [0.15, 0.2) is 0 Å². The zero-order chi connectivity index (χ0) is 8.32. The summed E-state index contributed by atoms with van der Waals surface area (Å²) in [6, 6.07) is -0.541. The van der Waals surface area contributed by atoms with Crippen LogP contribution in [0.25, 0.3) is 0 Å². The minimum absolute atomic E-state index is 0.371. The molecule has 1 unspecified atom stereocenters. The van der Waals surface area contributed by atoms with Crippen molar-refractivity contribution in [2.75, 3.05) is 19.8 Å². The highest BCUT2D eigenvalue weighted by atomic mass is 16.5. The third-order valence-corrected chi connectivity index (χ3v) is 1.88. The molecular formula is C6H13N3O2. The smallest absolute Gasteiger partial charge is 0.312 e. The molecule has 1 rings (SSSR count). The molecule has 0 aliphatic carbocycles. The second-order valence-corrected chi connectivity index (χ2v) is 2.78. The predicted octanol–water partition coefficient (Wildman–Crippen LogP) is -1.23. The minimum Gasteiger partial charge on any atom is -0.379 e. The highest BCUT2D eigenvalue weighted by molar-refractivity contribution is 5.72. The number of carbonyl (C=O) groups is 1. The van der Waals surface area contributed by atoms with E-state index in [9.17, 15) is 4.79 Å². The van der Waals surface area contributed by atoms with Crippen LogP contribution in [0.1, 0.15) is 6.42 Å². The van der Waals surface area contributed by atoms with Gasteiger partial charge in [0, 0.05) is 13.2 Å². The highest BCUT2D eigenvalue weighted by Crippen LogP contribution is 2.16. The van der Waals surface area contributed by atoms with Crippen molar-refractivity contribution < 1.29 is 9.53 Å². The average Bonchev–Trinajstić information content (AvgIpc) is 2.36. The molecule has 1 aliphatic rings. The van der Waals surface area contributed by atoms with Crippen molar-refractivity contribution in [2.24, 2.45) is 11.5 Å². The fourth-order valence-corrected chi connectivity index (χ4v) is 1.18. The predicted molar refractivity (Wildman–Crippen MR) is 39.9 cm³/mol. The molecule has 5 nitrogen and oxygen atoms in total. The van der Waals surface area contributed by atoms with Crippen molar-refractivity contribution in [1.29, 1.82) is 0 Å². The van der Waals surface area contributed by atoms with Gasteiger partial charge in [-0.05, 0) is 6.42 Å². The zero-order valence-electron chi connectivity index (χ0n) is 6.30. The zero-order valence-corrected chi connectivity index (χ0v) is 6.30. The number of rotatable bonds is 2.